The Morgan fingerprint density at radius 2 is 2.00 bits per heavy atom. The van der Waals surface area contributed by atoms with Gasteiger partial charge in [-0.25, -0.2) is 4.79 Å². The van der Waals surface area contributed by atoms with Gasteiger partial charge in [0.1, 0.15) is 5.75 Å². The normalized spacial score (nSPS) is 9.45. The van der Waals surface area contributed by atoms with E-state index < -0.39 is 11.7 Å². The Hall–Kier alpha value is -1.71. The number of benzene rings is 1. The summed E-state index contributed by atoms with van der Waals surface area (Å²) >= 11 is 0. The fourth-order valence-electron chi connectivity index (χ4n) is 0.707. The second-order valence-corrected chi connectivity index (χ2v) is 2.02. The first kappa shape index (κ1) is 7.40. The van der Waals surface area contributed by atoms with Crippen molar-refractivity contribution in [2.45, 2.75) is 0 Å². The minimum absolute atomic E-state index is 0.199. The van der Waals surface area contributed by atoms with E-state index in [9.17, 15) is 9.90 Å². The topological polar surface area (TPSA) is 80.6 Å². The summed E-state index contributed by atoms with van der Waals surface area (Å²) in [5.41, 5.74) is -0.199. The number of rotatable bonds is 1. The average Bonchev–Trinajstić information content (AvgIpc) is 1.85. The molecule has 1 aromatic carbocycles. The Balaban J connectivity index is 3.19. The third-order valence-electron chi connectivity index (χ3n) is 1.14. The molecular weight excluding hydrogens is 148 g/mol. The highest BCUT2D eigenvalue weighted by atomic mass is 16.4. The molecule has 1 rings (SSSR count). The van der Waals surface area contributed by atoms with Crippen molar-refractivity contribution < 1.29 is 20.1 Å². The molecule has 0 aromatic heterocycles. The Morgan fingerprint density at radius 3 is 2.45 bits per heavy atom. The van der Waals surface area contributed by atoms with Crippen LogP contribution < -0.4 is 5.11 Å². The van der Waals surface area contributed by atoms with E-state index in [2.05, 4.69) is 0 Å². The predicted molar refractivity (Wildman–Crippen MR) is 34.5 cm³/mol. The van der Waals surface area contributed by atoms with E-state index in [4.69, 9.17) is 10.2 Å². The average molecular weight is 153 g/mol. The minimum Gasteiger partial charge on any atom is -0.872 e. The van der Waals surface area contributed by atoms with E-state index in [1.165, 1.54) is 0 Å². The van der Waals surface area contributed by atoms with Crippen molar-refractivity contribution in [2.24, 2.45) is 0 Å². The van der Waals surface area contributed by atoms with Crippen LogP contribution in [0, 0.1) is 0 Å². The smallest absolute Gasteiger partial charge is 0.335 e. The van der Waals surface area contributed by atoms with Crippen LogP contribution in [-0.2, 0) is 0 Å². The van der Waals surface area contributed by atoms with Crippen molar-refractivity contribution in [1.82, 2.24) is 0 Å². The number of carboxylic acids is 1. The van der Waals surface area contributed by atoms with Gasteiger partial charge in [-0.15, -0.1) is 5.75 Å². The summed E-state index contributed by atoms with van der Waals surface area (Å²) in [5.74, 6) is -2.06. The van der Waals surface area contributed by atoms with E-state index in [-0.39, 0.29) is 11.3 Å². The molecule has 0 amide bonds. The fourth-order valence-corrected chi connectivity index (χ4v) is 0.707. The lowest BCUT2D eigenvalue weighted by Gasteiger charge is -2.05. The standard InChI is InChI=1S/C7H6O4/c8-5-1-4(7(10)11)2-6(9)3-5/h1-3,8-9H,(H,10,11)/p-1. The Bertz CT molecular complexity index is 272. The molecule has 4 nitrogen and oxygen atoms in total. The number of phenols is 1. The number of aromatic carboxylic acids is 1. The Kier molecular flexibility index (Phi) is 1.68. The first-order chi connectivity index (χ1) is 5.09. The van der Waals surface area contributed by atoms with Gasteiger partial charge in [0, 0.05) is 0 Å². The molecule has 0 aliphatic carbocycles. The number of aromatic hydroxyl groups is 1. The summed E-state index contributed by atoms with van der Waals surface area (Å²) in [6.07, 6.45) is 0. The van der Waals surface area contributed by atoms with Crippen molar-refractivity contribution in [3.63, 3.8) is 0 Å². The molecule has 0 atom stereocenters. The summed E-state index contributed by atoms with van der Waals surface area (Å²) < 4.78 is 0. The Labute approximate surface area is 62.3 Å². The number of carbonyl (C=O) groups is 1. The zero-order chi connectivity index (χ0) is 8.43. The van der Waals surface area contributed by atoms with Crippen molar-refractivity contribution in [3.8, 4) is 11.5 Å². The van der Waals surface area contributed by atoms with Crippen molar-refractivity contribution in [2.75, 3.05) is 0 Å². The van der Waals surface area contributed by atoms with E-state index >= 15 is 0 Å². The molecule has 4 heteroatoms. The van der Waals surface area contributed by atoms with E-state index in [0.717, 1.165) is 18.2 Å². The summed E-state index contributed by atoms with van der Waals surface area (Å²) in [5, 5.41) is 27.8. The quantitative estimate of drug-likeness (QED) is 0.602. The molecule has 0 aliphatic rings. The van der Waals surface area contributed by atoms with Gasteiger partial charge in [0.2, 0.25) is 0 Å². The van der Waals surface area contributed by atoms with Crippen LogP contribution in [0.15, 0.2) is 18.2 Å². The van der Waals surface area contributed by atoms with Gasteiger partial charge >= 0.3 is 5.97 Å². The first-order valence-corrected chi connectivity index (χ1v) is 2.84. The lowest BCUT2D eigenvalue weighted by molar-refractivity contribution is -0.268. The molecule has 0 fully saturated rings. The van der Waals surface area contributed by atoms with Crippen molar-refractivity contribution in [3.05, 3.63) is 23.8 Å². The number of hydrogen-bond acceptors (Lipinski definition) is 3. The van der Waals surface area contributed by atoms with Crippen molar-refractivity contribution in [1.29, 1.82) is 0 Å². The molecule has 0 unspecified atom stereocenters. The van der Waals surface area contributed by atoms with Gasteiger partial charge in [0.15, 0.2) is 0 Å². The van der Waals surface area contributed by atoms with Crippen LogP contribution in [0.25, 0.3) is 0 Å². The Morgan fingerprint density at radius 1 is 1.36 bits per heavy atom. The number of phenolic OH excluding ortho intramolecular Hbond substituents is 1. The monoisotopic (exact) mass is 153 g/mol. The van der Waals surface area contributed by atoms with Gasteiger partial charge in [-0.2, -0.15) is 0 Å². The fraction of sp³-hybridized carbons (Fsp3) is 0. The predicted octanol–water partition coefficient (Wildman–Crippen LogP) is 0.164. The molecule has 0 saturated heterocycles. The highest BCUT2D eigenvalue weighted by molar-refractivity contribution is 5.88. The maximum atomic E-state index is 10.6. The van der Waals surface area contributed by atoms with Crippen LogP contribution in [0.5, 0.6) is 11.5 Å². The van der Waals surface area contributed by atoms with E-state index in [1.54, 1.807) is 0 Å². The molecule has 58 valence electrons. The number of carboxylic acid groups (broad SMARTS) is 1. The van der Waals surface area contributed by atoms with Crippen LogP contribution in [0.2, 0.25) is 0 Å². The highest BCUT2D eigenvalue weighted by Gasteiger charge is 2.01. The lowest BCUT2D eigenvalue weighted by Crippen LogP contribution is -1.98. The SMILES string of the molecule is O=C(O)c1cc([O-])cc(O)c1. The van der Waals surface area contributed by atoms with Gasteiger partial charge in [-0.3, -0.25) is 0 Å². The molecular formula is C7H5O4-. The summed E-state index contributed by atoms with van der Waals surface area (Å²) in [4.78, 5) is 10.3. The van der Waals surface area contributed by atoms with Gasteiger partial charge in [0.25, 0.3) is 0 Å². The summed E-state index contributed by atoms with van der Waals surface area (Å²) in [6, 6.07) is 2.91. The maximum absolute atomic E-state index is 10.6. The molecule has 0 radical (unpaired) electrons. The lowest BCUT2D eigenvalue weighted by atomic mass is 10.2. The molecule has 0 bridgehead atoms. The maximum Gasteiger partial charge on any atom is 0.335 e. The summed E-state index contributed by atoms with van der Waals surface area (Å²) in [7, 11) is 0. The highest BCUT2D eigenvalue weighted by Crippen LogP contribution is 2.17. The molecule has 11 heavy (non-hydrogen) atoms. The third kappa shape index (κ3) is 1.61. The van der Waals surface area contributed by atoms with Crippen LogP contribution in [0.3, 0.4) is 0 Å². The molecule has 0 heterocycles. The zero-order valence-electron chi connectivity index (χ0n) is 5.44. The first-order valence-electron chi connectivity index (χ1n) is 2.84. The van der Waals surface area contributed by atoms with E-state index in [0.29, 0.717) is 0 Å². The third-order valence-corrected chi connectivity index (χ3v) is 1.14. The molecule has 0 aliphatic heterocycles. The molecule has 1 aromatic rings. The van der Waals surface area contributed by atoms with Gasteiger partial charge < -0.3 is 15.3 Å². The van der Waals surface area contributed by atoms with Crippen LogP contribution in [-0.4, -0.2) is 16.2 Å². The molecule has 2 N–H and O–H groups in total. The van der Waals surface area contributed by atoms with Gasteiger partial charge in [-0.1, -0.05) is 6.07 Å². The van der Waals surface area contributed by atoms with Gasteiger partial charge in [-0.05, 0) is 12.1 Å². The second kappa shape index (κ2) is 2.49. The van der Waals surface area contributed by atoms with Crippen molar-refractivity contribution >= 4 is 5.97 Å². The molecule has 0 spiro atoms. The van der Waals surface area contributed by atoms with Crippen LogP contribution in [0.1, 0.15) is 10.4 Å². The second-order valence-electron chi connectivity index (χ2n) is 2.02. The van der Waals surface area contributed by atoms with Crippen LogP contribution >= 0.6 is 0 Å². The number of hydrogen-bond donors (Lipinski definition) is 2. The zero-order valence-corrected chi connectivity index (χ0v) is 5.44. The van der Waals surface area contributed by atoms with E-state index in [1.807, 2.05) is 0 Å². The van der Waals surface area contributed by atoms with Crippen LogP contribution in [0.4, 0.5) is 0 Å². The molecule has 0 saturated carbocycles. The summed E-state index contributed by atoms with van der Waals surface area (Å²) in [6.45, 7) is 0. The van der Waals surface area contributed by atoms with Gasteiger partial charge in [0.05, 0.1) is 5.56 Å². The minimum atomic E-state index is -1.22. The largest absolute Gasteiger partial charge is 0.872 e.